The van der Waals surface area contributed by atoms with Crippen LogP contribution in [0.25, 0.3) is 0 Å². The number of esters is 1. The van der Waals surface area contributed by atoms with Crippen LogP contribution in [0.1, 0.15) is 39.0 Å². The molecule has 0 aliphatic carbocycles. The third-order valence-electron chi connectivity index (χ3n) is 3.48. The molecule has 2 aromatic carbocycles. The highest BCUT2D eigenvalue weighted by molar-refractivity contribution is 5.72. The lowest BCUT2D eigenvalue weighted by Gasteiger charge is -2.04. The molecule has 2 aromatic rings. The molecule has 0 aliphatic heterocycles. The SMILES string of the molecule is CCCCCCC(=O)Oc1ccc(N=Nc2ccc(N)cc2)cc1. The Labute approximate surface area is 142 Å². The molecule has 2 rings (SSSR count). The van der Waals surface area contributed by atoms with Gasteiger partial charge in [0.2, 0.25) is 0 Å². The predicted octanol–water partition coefficient (Wildman–Crippen LogP) is 5.56. The number of hydrogen-bond acceptors (Lipinski definition) is 5. The molecule has 5 nitrogen and oxygen atoms in total. The van der Waals surface area contributed by atoms with E-state index < -0.39 is 0 Å². The van der Waals surface area contributed by atoms with Crippen molar-refractivity contribution in [2.75, 3.05) is 5.73 Å². The zero-order valence-corrected chi connectivity index (χ0v) is 13.9. The topological polar surface area (TPSA) is 77.0 Å². The lowest BCUT2D eigenvalue weighted by molar-refractivity contribution is -0.134. The summed E-state index contributed by atoms with van der Waals surface area (Å²) in [6, 6.07) is 14.1. The number of nitrogens with zero attached hydrogens (tertiary/aromatic N) is 2. The number of nitrogens with two attached hydrogens (primary N) is 1. The minimum Gasteiger partial charge on any atom is -0.427 e. The highest BCUT2D eigenvalue weighted by Gasteiger charge is 2.04. The highest BCUT2D eigenvalue weighted by Crippen LogP contribution is 2.22. The maximum absolute atomic E-state index is 11.7. The van der Waals surface area contributed by atoms with E-state index in [4.69, 9.17) is 10.5 Å². The highest BCUT2D eigenvalue weighted by atomic mass is 16.5. The Bertz CT molecular complexity index is 664. The van der Waals surface area contributed by atoms with Gasteiger partial charge in [0.15, 0.2) is 0 Å². The van der Waals surface area contributed by atoms with Crippen LogP contribution in [0.15, 0.2) is 58.8 Å². The smallest absolute Gasteiger partial charge is 0.311 e. The van der Waals surface area contributed by atoms with Crippen LogP contribution >= 0.6 is 0 Å². The van der Waals surface area contributed by atoms with Crippen molar-refractivity contribution in [3.8, 4) is 5.75 Å². The molecule has 0 saturated heterocycles. The van der Waals surface area contributed by atoms with Crippen molar-refractivity contribution in [1.82, 2.24) is 0 Å². The van der Waals surface area contributed by atoms with Gasteiger partial charge >= 0.3 is 5.97 Å². The zero-order valence-electron chi connectivity index (χ0n) is 13.9. The van der Waals surface area contributed by atoms with Crippen LogP contribution in [0.5, 0.6) is 5.75 Å². The van der Waals surface area contributed by atoms with Crippen molar-refractivity contribution in [3.63, 3.8) is 0 Å². The summed E-state index contributed by atoms with van der Waals surface area (Å²) in [7, 11) is 0. The summed E-state index contributed by atoms with van der Waals surface area (Å²) in [5, 5.41) is 8.27. The summed E-state index contributed by atoms with van der Waals surface area (Å²) in [4.78, 5) is 11.7. The number of carbonyl (C=O) groups is 1. The van der Waals surface area contributed by atoms with Crippen LogP contribution in [-0.4, -0.2) is 5.97 Å². The molecule has 0 aromatic heterocycles. The fraction of sp³-hybridized carbons (Fsp3) is 0.316. The van der Waals surface area contributed by atoms with Crippen molar-refractivity contribution < 1.29 is 9.53 Å². The summed E-state index contributed by atoms with van der Waals surface area (Å²) in [6.07, 6.45) is 4.71. The fourth-order valence-corrected chi connectivity index (χ4v) is 2.12. The van der Waals surface area contributed by atoms with Gasteiger partial charge in [0, 0.05) is 12.1 Å². The van der Waals surface area contributed by atoms with E-state index in [0.717, 1.165) is 31.4 Å². The minimum absolute atomic E-state index is 0.192. The van der Waals surface area contributed by atoms with Crippen molar-refractivity contribution in [2.24, 2.45) is 10.2 Å². The first-order valence-corrected chi connectivity index (χ1v) is 8.25. The summed E-state index contributed by atoms with van der Waals surface area (Å²) in [6.45, 7) is 2.14. The Balaban J connectivity index is 1.84. The summed E-state index contributed by atoms with van der Waals surface area (Å²) >= 11 is 0. The van der Waals surface area contributed by atoms with Gasteiger partial charge in [-0.1, -0.05) is 26.2 Å². The van der Waals surface area contributed by atoms with Gasteiger partial charge < -0.3 is 10.5 Å². The maximum Gasteiger partial charge on any atom is 0.311 e. The first kappa shape index (κ1) is 17.7. The number of rotatable bonds is 8. The van der Waals surface area contributed by atoms with Gasteiger partial charge in [0.25, 0.3) is 0 Å². The van der Waals surface area contributed by atoms with Crippen molar-refractivity contribution in [3.05, 3.63) is 48.5 Å². The van der Waals surface area contributed by atoms with Crippen molar-refractivity contribution in [2.45, 2.75) is 39.0 Å². The fourth-order valence-electron chi connectivity index (χ4n) is 2.12. The summed E-state index contributed by atoms with van der Waals surface area (Å²) in [5.41, 5.74) is 7.73. The molecule has 0 saturated carbocycles. The molecule has 24 heavy (non-hydrogen) atoms. The van der Waals surface area contributed by atoms with Crippen molar-refractivity contribution in [1.29, 1.82) is 0 Å². The molecule has 0 aliphatic rings. The number of unbranched alkanes of at least 4 members (excludes halogenated alkanes) is 3. The van der Waals surface area contributed by atoms with Gasteiger partial charge in [-0.15, -0.1) is 0 Å². The molecular formula is C19H23N3O2. The second kappa shape index (κ2) is 9.45. The molecule has 5 heteroatoms. The number of nitrogen functional groups attached to an aromatic ring is 1. The Morgan fingerprint density at radius 3 is 2.08 bits per heavy atom. The standard InChI is InChI=1S/C19H23N3O2/c1-2-3-4-5-6-19(23)24-18-13-11-17(12-14-18)22-21-16-9-7-15(20)8-10-16/h7-14H,2-6,20H2,1H3. The average molecular weight is 325 g/mol. The quantitative estimate of drug-likeness (QED) is 0.227. The minimum atomic E-state index is -0.192. The van der Waals surface area contributed by atoms with Gasteiger partial charge in [-0.2, -0.15) is 10.2 Å². The van der Waals surface area contributed by atoms with Gasteiger partial charge in [-0.3, -0.25) is 4.79 Å². The molecule has 0 atom stereocenters. The Kier molecular flexibility index (Phi) is 6.95. The maximum atomic E-state index is 11.7. The first-order chi connectivity index (χ1) is 11.7. The molecule has 0 radical (unpaired) electrons. The van der Waals surface area contributed by atoms with E-state index >= 15 is 0 Å². The second-order valence-corrected chi connectivity index (χ2v) is 5.57. The predicted molar refractivity (Wildman–Crippen MR) is 95.9 cm³/mol. The van der Waals surface area contributed by atoms with Gasteiger partial charge in [-0.05, 0) is 55.0 Å². The van der Waals surface area contributed by atoms with Gasteiger partial charge in [-0.25, -0.2) is 0 Å². The van der Waals surface area contributed by atoms with E-state index in [2.05, 4.69) is 17.2 Å². The Morgan fingerprint density at radius 2 is 1.50 bits per heavy atom. The Morgan fingerprint density at radius 1 is 0.917 bits per heavy atom. The molecule has 126 valence electrons. The summed E-state index contributed by atoms with van der Waals surface area (Å²) < 4.78 is 5.30. The van der Waals surface area contributed by atoms with E-state index in [1.54, 1.807) is 48.5 Å². The molecule has 0 spiro atoms. The molecule has 0 heterocycles. The van der Waals surface area contributed by atoms with E-state index in [9.17, 15) is 4.79 Å². The molecule has 0 unspecified atom stereocenters. The number of anilines is 1. The molecule has 2 N–H and O–H groups in total. The second-order valence-electron chi connectivity index (χ2n) is 5.57. The third-order valence-corrected chi connectivity index (χ3v) is 3.48. The number of azo groups is 1. The first-order valence-electron chi connectivity index (χ1n) is 8.25. The molecule has 0 bridgehead atoms. The van der Waals surface area contributed by atoms with Crippen LogP contribution < -0.4 is 10.5 Å². The number of benzene rings is 2. The van der Waals surface area contributed by atoms with Crippen LogP contribution in [0.2, 0.25) is 0 Å². The Hall–Kier alpha value is -2.69. The van der Waals surface area contributed by atoms with E-state index in [0.29, 0.717) is 23.5 Å². The summed E-state index contributed by atoms with van der Waals surface area (Å²) in [5.74, 6) is 0.337. The number of ether oxygens (including phenoxy) is 1. The largest absolute Gasteiger partial charge is 0.427 e. The zero-order chi connectivity index (χ0) is 17.2. The molecular weight excluding hydrogens is 302 g/mol. The third kappa shape index (κ3) is 6.20. The average Bonchev–Trinajstić information content (AvgIpc) is 2.59. The number of carbonyl (C=O) groups excluding carboxylic acids is 1. The van der Waals surface area contributed by atoms with Gasteiger partial charge in [0.05, 0.1) is 11.4 Å². The molecule has 0 amide bonds. The van der Waals surface area contributed by atoms with Gasteiger partial charge in [0.1, 0.15) is 5.75 Å². The molecule has 0 fully saturated rings. The van der Waals surface area contributed by atoms with Crippen molar-refractivity contribution >= 4 is 23.0 Å². The van der Waals surface area contributed by atoms with E-state index in [-0.39, 0.29) is 5.97 Å². The van der Waals surface area contributed by atoms with Crippen LogP contribution in [0.3, 0.4) is 0 Å². The number of hydrogen-bond donors (Lipinski definition) is 1. The monoisotopic (exact) mass is 325 g/mol. The lowest BCUT2D eigenvalue weighted by Crippen LogP contribution is -2.07. The van der Waals surface area contributed by atoms with Crippen LogP contribution in [0, 0.1) is 0 Å². The van der Waals surface area contributed by atoms with E-state index in [1.807, 2.05) is 0 Å². The van der Waals surface area contributed by atoms with Crippen LogP contribution in [0.4, 0.5) is 17.1 Å². The normalized spacial score (nSPS) is 10.9. The van der Waals surface area contributed by atoms with Crippen LogP contribution in [-0.2, 0) is 4.79 Å². The lowest BCUT2D eigenvalue weighted by atomic mass is 10.1. The van der Waals surface area contributed by atoms with E-state index in [1.165, 1.54) is 0 Å².